The smallest absolute Gasteiger partial charge is 0.270 e. The standard InChI is InChI=1S/C26H33N3O4/c1-2-20(17-7-4-3-5-8-17)27-25(31)19-15-22(28-13-14-33-16-23(19)28)26(32)29-12-6-9-21(29)24(30)18-10-11-18/h3-5,7-8,15,18,20-21,24,30H,2,6,9-14,16H2,1H3,(H,27,31)/t20-,21?,24?/m1/s1. The molecule has 1 saturated carbocycles. The van der Waals surface area contributed by atoms with E-state index in [1.54, 1.807) is 6.07 Å². The third kappa shape index (κ3) is 4.32. The number of amides is 2. The van der Waals surface area contributed by atoms with Gasteiger partial charge in [-0.25, -0.2) is 0 Å². The number of aliphatic hydroxyl groups is 1. The van der Waals surface area contributed by atoms with Crippen LogP contribution in [0.3, 0.4) is 0 Å². The zero-order chi connectivity index (χ0) is 22.9. The van der Waals surface area contributed by atoms with Gasteiger partial charge in [-0.15, -0.1) is 0 Å². The molecule has 2 amide bonds. The minimum Gasteiger partial charge on any atom is -0.391 e. The Labute approximate surface area is 194 Å². The fraction of sp³-hybridized carbons (Fsp3) is 0.538. The molecule has 5 rings (SSSR count). The second-order valence-corrected chi connectivity index (χ2v) is 9.48. The summed E-state index contributed by atoms with van der Waals surface area (Å²) in [7, 11) is 0. The summed E-state index contributed by atoms with van der Waals surface area (Å²) in [5, 5.41) is 13.9. The minimum atomic E-state index is -0.450. The quantitative estimate of drug-likeness (QED) is 0.677. The van der Waals surface area contributed by atoms with E-state index in [1.807, 2.05) is 46.7 Å². The first-order chi connectivity index (χ1) is 16.1. The largest absolute Gasteiger partial charge is 0.391 e. The highest BCUT2D eigenvalue weighted by Crippen LogP contribution is 2.38. The Morgan fingerprint density at radius 2 is 1.97 bits per heavy atom. The van der Waals surface area contributed by atoms with Crippen LogP contribution in [0.25, 0.3) is 0 Å². The summed E-state index contributed by atoms with van der Waals surface area (Å²) < 4.78 is 7.60. The molecule has 3 atom stereocenters. The monoisotopic (exact) mass is 451 g/mol. The molecule has 3 heterocycles. The van der Waals surface area contributed by atoms with Crippen LogP contribution in [0, 0.1) is 5.92 Å². The zero-order valence-electron chi connectivity index (χ0n) is 19.2. The van der Waals surface area contributed by atoms with E-state index in [1.165, 1.54) is 0 Å². The van der Waals surface area contributed by atoms with Crippen LogP contribution in [0.5, 0.6) is 0 Å². The van der Waals surface area contributed by atoms with Gasteiger partial charge >= 0.3 is 0 Å². The molecule has 0 radical (unpaired) electrons. The molecule has 1 aromatic heterocycles. The third-order valence-electron chi connectivity index (χ3n) is 7.35. The second kappa shape index (κ2) is 9.31. The predicted octanol–water partition coefficient (Wildman–Crippen LogP) is 3.27. The SMILES string of the molecule is CC[C@@H](NC(=O)c1cc(C(=O)N2CCCC2C(O)C2CC2)n2c1COCC2)c1ccccc1. The van der Waals surface area contributed by atoms with Crippen molar-refractivity contribution in [1.29, 1.82) is 0 Å². The van der Waals surface area contributed by atoms with E-state index in [2.05, 4.69) is 5.32 Å². The minimum absolute atomic E-state index is 0.0884. The molecule has 0 bridgehead atoms. The lowest BCUT2D eigenvalue weighted by molar-refractivity contribution is 0.0398. The first kappa shape index (κ1) is 22.2. The van der Waals surface area contributed by atoms with Gasteiger partial charge in [0.1, 0.15) is 5.69 Å². The van der Waals surface area contributed by atoms with Crippen LogP contribution in [0.2, 0.25) is 0 Å². The van der Waals surface area contributed by atoms with Crippen molar-refractivity contribution in [3.63, 3.8) is 0 Å². The molecular formula is C26H33N3O4. The molecule has 33 heavy (non-hydrogen) atoms. The highest BCUT2D eigenvalue weighted by atomic mass is 16.5. The highest BCUT2D eigenvalue weighted by Gasteiger charge is 2.42. The second-order valence-electron chi connectivity index (χ2n) is 9.48. The van der Waals surface area contributed by atoms with E-state index in [0.29, 0.717) is 43.5 Å². The zero-order valence-corrected chi connectivity index (χ0v) is 19.2. The molecule has 0 spiro atoms. The van der Waals surface area contributed by atoms with Gasteiger partial charge < -0.3 is 24.6 Å². The van der Waals surface area contributed by atoms with Crippen molar-refractivity contribution >= 4 is 11.8 Å². The van der Waals surface area contributed by atoms with Crippen molar-refractivity contribution in [2.45, 2.75) is 70.4 Å². The molecule has 7 heteroatoms. The number of carbonyl (C=O) groups is 2. The van der Waals surface area contributed by atoms with Crippen LogP contribution in [-0.2, 0) is 17.9 Å². The lowest BCUT2D eigenvalue weighted by Crippen LogP contribution is -2.44. The summed E-state index contributed by atoms with van der Waals surface area (Å²) in [4.78, 5) is 28.8. The number of likely N-dealkylation sites (tertiary alicyclic amines) is 1. The van der Waals surface area contributed by atoms with Crippen LogP contribution in [0.4, 0.5) is 0 Å². The Morgan fingerprint density at radius 1 is 1.18 bits per heavy atom. The maximum atomic E-state index is 13.6. The number of hydrogen-bond acceptors (Lipinski definition) is 4. The number of aromatic nitrogens is 1. The van der Waals surface area contributed by atoms with Gasteiger partial charge in [0.15, 0.2) is 0 Å². The summed E-state index contributed by atoms with van der Waals surface area (Å²) in [5.74, 6) is 0.0489. The van der Waals surface area contributed by atoms with Crippen LogP contribution < -0.4 is 5.32 Å². The third-order valence-corrected chi connectivity index (χ3v) is 7.35. The molecule has 2 N–H and O–H groups in total. The molecule has 2 unspecified atom stereocenters. The number of rotatable bonds is 7. The van der Waals surface area contributed by atoms with E-state index < -0.39 is 6.10 Å². The number of benzene rings is 1. The van der Waals surface area contributed by atoms with Crippen molar-refractivity contribution in [2.75, 3.05) is 13.2 Å². The molecular weight excluding hydrogens is 418 g/mol. The average Bonchev–Trinajstić information content (AvgIpc) is 3.46. The summed E-state index contributed by atoms with van der Waals surface area (Å²) in [6.45, 7) is 4.07. The molecule has 7 nitrogen and oxygen atoms in total. The number of hydrogen-bond donors (Lipinski definition) is 2. The summed E-state index contributed by atoms with van der Waals surface area (Å²) in [6.07, 6.45) is 4.14. The van der Waals surface area contributed by atoms with Gasteiger partial charge in [-0.3, -0.25) is 9.59 Å². The molecule has 2 aromatic rings. The Balaban J connectivity index is 1.41. The highest BCUT2D eigenvalue weighted by molar-refractivity contribution is 6.01. The molecule has 176 valence electrons. The number of nitrogens with one attached hydrogen (secondary N) is 1. The lowest BCUT2D eigenvalue weighted by Gasteiger charge is -2.29. The lowest BCUT2D eigenvalue weighted by atomic mass is 10.0. The van der Waals surface area contributed by atoms with Crippen molar-refractivity contribution in [3.05, 3.63) is 58.9 Å². The topological polar surface area (TPSA) is 83.8 Å². The van der Waals surface area contributed by atoms with Crippen molar-refractivity contribution in [1.82, 2.24) is 14.8 Å². The van der Waals surface area contributed by atoms with E-state index in [0.717, 1.165) is 43.4 Å². The maximum absolute atomic E-state index is 13.6. The molecule has 2 fully saturated rings. The van der Waals surface area contributed by atoms with Crippen molar-refractivity contribution in [2.24, 2.45) is 5.92 Å². The molecule has 3 aliphatic rings. The van der Waals surface area contributed by atoms with Gasteiger partial charge in [0, 0.05) is 13.1 Å². The van der Waals surface area contributed by atoms with Gasteiger partial charge in [0.2, 0.25) is 0 Å². The van der Waals surface area contributed by atoms with Gasteiger partial charge in [-0.2, -0.15) is 0 Å². The summed E-state index contributed by atoms with van der Waals surface area (Å²) in [6, 6.07) is 11.4. The normalized spacial score (nSPS) is 22.0. The number of aliphatic hydroxyl groups excluding tert-OH is 1. The molecule has 1 saturated heterocycles. The number of ether oxygens (including phenoxy) is 1. The van der Waals surface area contributed by atoms with Crippen LogP contribution in [-0.4, -0.2) is 51.7 Å². The fourth-order valence-electron chi connectivity index (χ4n) is 5.34. The van der Waals surface area contributed by atoms with Crippen LogP contribution in [0.1, 0.15) is 77.2 Å². The van der Waals surface area contributed by atoms with Crippen LogP contribution in [0.15, 0.2) is 36.4 Å². The Bertz CT molecular complexity index is 1010. The van der Waals surface area contributed by atoms with E-state index in [-0.39, 0.29) is 23.9 Å². The summed E-state index contributed by atoms with van der Waals surface area (Å²) in [5.41, 5.74) is 2.85. The van der Waals surface area contributed by atoms with E-state index >= 15 is 0 Å². The number of carbonyl (C=O) groups excluding carboxylic acids is 2. The van der Waals surface area contributed by atoms with Gasteiger partial charge in [0.05, 0.1) is 42.7 Å². The van der Waals surface area contributed by atoms with Crippen molar-refractivity contribution in [3.8, 4) is 0 Å². The van der Waals surface area contributed by atoms with Gasteiger partial charge in [0.25, 0.3) is 11.8 Å². The first-order valence-corrected chi connectivity index (χ1v) is 12.2. The summed E-state index contributed by atoms with van der Waals surface area (Å²) >= 11 is 0. The predicted molar refractivity (Wildman–Crippen MR) is 124 cm³/mol. The first-order valence-electron chi connectivity index (χ1n) is 12.2. The molecule has 2 aliphatic heterocycles. The molecule has 1 aromatic carbocycles. The Kier molecular flexibility index (Phi) is 6.25. The number of nitrogens with zero attached hydrogens (tertiary/aromatic N) is 2. The van der Waals surface area contributed by atoms with E-state index in [4.69, 9.17) is 4.74 Å². The van der Waals surface area contributed by atoms with Gasteiger partial charge in [-0.1, -0.05) is 37.3 Å². The maximum Gasteiger partial charge on any atom is 0.270 e. The van der Waals surface area contributed by atoms with E-state index in [9.17, 15) is 14.7 Å². The fourth-order valence-corrected chi connectivity index (χ4v) is 5.34. The average molecular weight is 452 g/mol. The van der Waals surface area contributed by atoms with Crippen LogP contribution >= 0.6 is 0 Å². The Morgan fingerprint density at radius 3 is 2.70 bits per heavy atom. The molecule has 1 aliphatic carbocycles. The Hall–Kier alpha value is -2.64. The van der Waals surface area contributed by atoms with Crippen molar-refractivity contribution < 1.29 is 19.4 Å². The number of fused-ring (bicyclic) bond motifs is 1. The van der Waals surface area contributed by atoms with Gasteiger partial charge in [-0.05, 0) is 49.7 Å².